The second-order valence-corrected chi connectivity index (χ2v) is 4.39. The smallest absolute Gasteiger partial charge is 0.0476 e. The fourth-order valence-electron chi connectivity index (χ4n) is 1.24. The minimum atomic E-state index is 1.09. The largest absolute Gasteiger partial charge is 0.361 e. The van der Waals surface area contributed by atoms with Crippen LogP contribution >= 0.6 is 31.9 Å². The molecule has 0 bridgehead atoms. The van der Waals surface area contributed by atoms with Gasteiger partial charge in [0, 0.05) is 26.4 Å². The molecule has 1 aromatic carbocycles. The van der Waals surface area contributed by atoms with Crippen LogP contribution in [0.4, 0.5) is 0 Å². The molecule has 0 saturated heterocycles. The lowest BCUT2D eigenvalue weighted by molar-refractivity contribution is 1.38. The van der Waals surface area contributed by atoms with E-state index in [4.69, 9.17) is 0 Å². The Bertz CT molecular complexity index is 387. The molecule has 2 rings (SSSR count). The summed E-state index contributed by atoms with van der Waals surface area (Å²) in [4.78, 5) is 3.18. The second-order valence-electron chi connectivity index (χ2n) is 2.68. The molecule has 1 aromatic heterocycles. The van der Waals surface area contributed by atoms with Gasteiger partial charge in [-0.25, -0.2) is 0 Å². The van der Waals surface area contributed by atoms with Crippen molar-refractivity contribution in [2.45, 2.75) is 0 Å². The van der Waals surface area contributed by atoms with Crippen LogP contribution in [-0.4, -0.2) is 4.98 Å². The van der Waals surface area contributed by atoms with Gasteiger partial charge in [-0.2, -0.15) is 0 Å². The molecule has 0 fully saturated rings. The van der Waals surface area contributed by atoms with Crippen molar-refractivity contribution in [3.63, 3.8) is 0 Å². The van der Waals surface area contributed by atoms with Gasteiger partial charge in [-0.3, -0.25) is 0 Å². The lowest BCUT2D eigenvalue weighted by Crippen LogP contribution is -1.80. The topological polar surface area (TPSA) is 15.8 Å². The van der Waals surface area contributed by atoms with E-state index in [1.165, 1.54) is 0 Å². The van der Waals surface area contributed by atoms with Crippen molar-refractivity contribution < 1.29 is 0 Å². The number of hydrogen-bond donors (Lipinski definition) is 1. The monoisotopic (exact) mass is 299 g/mol. The van der Waals surface area contributed by atoms with Crippen molar-refractivity contribution in [2.75, 3.05) is 0 Å². The summed E-state index contributed by atoms with van der Waals surface area (Å²) in [6.45, 7) is 0. The fourth-order valence-corrected chi connectivity index (χ4v) is 2.67. The lowest BCUT2D eigenvalue weighted by Gasteiger charge is -2.04. The highest BCUT2D eigenvalue weighted by atomic mass is 79.9. The third-order valence-corrected chi connectivity index (χ3v) is 3.15. The van der Waals surface area contributed by atoms with Gasteiger partial charge in [0.25, 0.3) is 0 Å². The molecular formula is C10H7Br2N. The van der Waals surface area contributed by atoms with Gasteiger partial charge >= 0.3 is 0 Å². The Hall–Kier alpha value is -0.540. The van der Waals surface area contributed by atoms with Gasteiger partial charge in [0.15, 0.2) is 0 Å². The minimum absolute atomic E-state index is 1.09. The lowest BCUT2D eigenvalue weighted by atomic mass is 10.2. The van der Waals surface area contributed by atoms with E-state index < -0.39 is 0 Å². The quantitative estimate of drug-likeness (QED) is 0.812. The SMILES string of the molecule is Brc1cccc(Br)c1-c1ccc[nH]1. The number of H-pyrrole nitrogens is 1. The normalized spacial score (nSPS) is 10.3. The van der Waals surface area contributed by atoms with Crippen molar-refractivity contribution in [2.24, 2.45) is 0 Å². The summed E-state index contributed by atoms with van der Waals surface area (Å²) < 4.78 is 2.17. The van der Waals surface area contributed by atoms with Gasteiger partial charge < -0.3 is 4.98 Å². The van der Waals surface area contributed by atoms with E-state index >= 15 is 0 Å². The van der Waals surface area contributed by atoms with Crippen LogP contribution < -0.4 is 0 Å². The van der Waals surface area contributed by atoms with Crippen molar-refractivity contribution in [3.05, 3.63) is 45.5 Å². The van der Waals surface area contributed by atoms with E-state index in [2.05, 4.69) is 36.8 Å². The molecule has 1 N–H and O–H groups in total. The Morgan fingerprint density at radius 3 is 2.15 bits per heavy atom. The Morgan fingerprint density at radius 1 is 0.923 bits per heavy atom. The second kappa shape index (κ2) is 3.68. The Balaban J connectivity index is 2.64. The van der Waals surface area contributed by atoms with Gasteiger partial charge in [0.05, 0.1) is 0 Å². The molecule has 1 heterocycles. The number of nitrogens with one attached hydrogen (secondary N) is 1. The Labute approximate surface area is 93.4 Å². The van der Waals surface area contributed by atoms with Crippen LogP contribution in [0.15, 0.2) is 45.5 Å². The van der Waals surface area contributed by atoms with E-state index in [1.807, 2.05) is 36.5 Å². The Kier molecular flexibility index (Phi) is 2.56. The summed E-state index contributed by atoms with van der Waals surface area (Å²) in [6, 6.07) is 10.1. The summed E-state index contributed by atoms with van der Waals surface area (Å²) in [6.07, 6.45) is 1.92. The highest BCUT2D eigenvalue weighted by Crippen LogP contribution is 2.33. The first kappa shape index (κ1) is 9.03. The van der Waals surface area contributed by atoms with Gasteiger partial charge in [-0.05, 0) is 24.3 Å². The zero-order valence-corrected chi connectivity index (χ0v) is 9.89. The van der Waals surface area contributed by atoms with Crippen LogP contribution in [0.5, 0.6) is 0 Å². The van der Waals surface area contributed by atoms with Crippen LogP contribution in [0.1, 0.15) is 0 Å². The predicted molar refractivity (Wildman–Crippen MR) is 61.6 cm³/mol. The number of halogens is 2. The first-order valence-corrected chi connectivity index (χ1v) is 5.45. The maximum Gasteiger partial charge on any atom is 0.0476 e. The van der Waals surface area contributed by atoms with E-state index in [0.29, 0.717) is 0 Å². The molecule has 1 nitrogen and oxygen atoms in total. The van der Waals surface area contributed by atoms with E-state index in [9.17, 15) is 0 Å². The molecule has 0 atom stereocenters. The molecular weight excluding hydrogens is 294 g/mol. The highest BCUT2D eigenvalue weighted by molar-refractivity contribution is 9.11. The molecule has 13 heavy (non-hydrogen) atoms. The van der Waals surface area contributed by atoms with Crippen molar-refractivity contribution >= 4 is 31.9 Å². The summed E-state index contributed by atoms with van der Waals surface area (Å²) in [5.41, 5.74) is 2.27. The average molecular weight is 301 g/mol. The number of aromatic nitrogens is 1. The number of hydrogen-bond acceptors (Lipinski definition) is 0. The van der Waals surface area contributed by atoms with Crippen molar-refractivity contribution in [1.29, 1.82) is 0 Å². The third-order valence-electron chi connectivity index (χ3n) is 1.83. The first-order chi connectivity index (χ1) is 6.29. The molecule has 0 aliphatic heterocycles. The number of benzene rings is 1. The van der Waals surface area contributed by atoms with Crippen LogP contribution in [0.2, 0.25) is 0 Å². The molecule has 0 aliphatic rings. The van der Waals surface area contributed by atoms with Crippen LogP contribution in [0, 0.1) is 0 Å². The highest BCUT2D eigenvalue weighted by Gasteiger charge is 2.06. The molecule has 0 radical (unpaired) electrons. The van der Waals surface area contributed by atoms with E-state index in [0.717, 1.165) is 20.2 Å². The van der Waals surface area contributed by atoms with E-state index in [1.54, 1.807) is 0 Å². The first-order valence-electron chi connectivity index (χ1n) is 3.87. The number of rotatable bonds is 1. The predicted octanol–water partition coefficient (Wildman–Crippen LogP) is 4.21. The van der Waals surface area contributed by atoms with Gasteiger partial charge in [0.2, 0.25) is 0 Å². The molecule has 2 aromatic rings. The molecule has 0 spiro atoms. The minimum Gasteiger partial charge on any atom is -0.361 e. The molecule has 3 heteroatoms. The summed E-state index contributed by atoms with van der Waals surface area (Å²) in [5.74, 6) is 0. The fraction of sp³-hybridized carbons (Fsp3) is 0. The zero-order chi connectivity index (χ0) is 9.26. The van der Waals surface area contributed by atoms with Crippen molar-refractivity contribution in [3.8, 4) is 11.3 Å². The average Bonchev–Trinajstić information content (AvgIpc) is 2.57. The maximum atomic E-state index is 3.52. The van der Waals surface area contributed by atoms with Crippen LogP contribution in [0.3, 0.4) is 0 Å². The summed E-state index contributed by atoms with van der Waals surface area (Å²) in [7, 11) is 0. The molecule has 0 amide bonds. The molecule has 66 valence electrons. The van der Waals surface area contributed by atoms with Crippen LogP contribution in [0.25, 0.3) is 11.3 Å². The van der Waals surface area contributed by atoms with Crippen LogP contribution in [-0.2, 0) is 0 Å². The zero-order valence-electron chi connectivity index (χ0n) is 6.72. The number of aromatic amines is 1. The van der Waals surface area contributed by atoms with Gasteiger partial charge in [-0.15, -0.1) is 0 Å². The van der Waals surface area contributed by atoms with Gasteiger partial charge in [-0.1, -0.05) is 37.9 Å². The third kappa shape index (κ3) is 1.71. The molecule has 0 saturated carbocycles. The summed E-state index contributed by atoms with van der Waals surface area (Å²) in [5, 5.41) is 0. The molecule has 0 aliphatic carbocycles. The van der Waals surface area contributed by atoms with Crippen molar-refractivity contribution in [1.82, 2.24) is 4.98 Å². The Morgan fingerprint density at radius 2 is 1.62 bits per heavy atom. The maximum absolute atomic E-state index is 3.52. The van der Waals surface area contributed by atoms with Gasteiger partial charge in [0.1, 0.15) is 0 Å². The standard InChI is InChI=1S/C10H7Br2N/c11-7-3-1-4-8(12)10(7)9-5-2-6-13-9/h1-6,13H. The molecule has 0 unspecified atom stereocenters. The summed E-state index contributed by atoms with van der Waals surface area (Å²) >= 11 is 7.04. The van der Waals surface area contributed by atoms with E-state index in [-0.39, 0.29) is 0 Å².